The Morgan fingerprint density at radius 2 is 1.91 bits per heavy atom. The van der Waals surface area contributed by atoms with Gasteiger partial charge in [0, 0.05) is 18.0 Å². The van der Waals surface area contributed by atoms with Crippen molar-refractivity contribution in [3.8, 4) is 17.4 Å². The Morgan fingerprint density at radius 1 is 1.06 bits per heavy atom. The van der Waals surface area contributed by atoms with Crippen LogP contribution >= 0.6 is 0 Å². The van der Waals surface area contributed by atoms with Crippen LogP contribution < -0.4 is 27.2 Å². The Morgan fingerprint density at radius 3 is 2.64 bits per heavy atom. The van der Waals surface area contributed by atoms with Gasteiger partial charge < -0.3 is 27.2 Å². The molecule has 0 fully saturated rings. The van der Waals surface area contributed by atoms with E-state index in [0.717, 1.165) is 35.1 Å². The van der Waals surface area contributed by atoms with Crippen molar-refractivity contribution in [3.63, 3.8) is 0 Å². The van der Waals surface area contributed by atoms with Crippen molar-refractivity contribution in [2.24, 2.45) is 13.0 Å². The Balaban J connectivity index is 0.00000306. The topological polar surface area (TPSA) is 99.9 Å². The van der Waals surface area contributed by atoms with Gasteiger partial charge in [-0.05, 0) is 49.9 Å². The van der Waals surface area contributed by atoms with Crippen molar-refractivity contribution in [2.75, 3.05) is 11.9 Å². The third-order valence-electron chi connectivity index (χ3n) is 4.87. The lowest BCUT2D eigenvalue weighted by Gasteiger charge is -2.12. The fraction of sp³-hybridized carbons (Fsp3) is 0.348. The molecule has 3 heterocycles. The smallest absolute Gasteiger partial charge is 0.222 e. The second-order valence-corrected chi connectivity index (χ2v) is 8.03. The zero-order chi connectivity index (χ0) is 22.5. The molecule has 4 rings (SSSR count). The van der Waals surface area contributed by atoms with Crippen molar-refractivity contribution in [1.82, 2.24) is 29.9 Å². The number of nitrogens with zero attached hydrogens (tertiary/aromatic N) is 6. The lowest BCUT2D eigenvalue weighted by atomic mass is 10.1. The number of fused-ring (bicyclic) bond motifs is 1. The minimum atomic E-state index is 0. The molecular weight excluding hydrogens is 442 g/mol. The molecule has 0 amide bonds. The summed E-state index contributed by atoms with van der Waals surface area (Å²) in [6.45, 7) is 7.07. The highest BCUT2D eigenvalue weighted by molar-refractivity contribution is 5.91. The summed E-state index contributed by atoms with van der Waals surface area (Å²) in [5.74, 6) is 3.81. The second kappa shape index (κ2) is 10.9. The van der Waals surface area contributed by atoms with Gasteiger partial charge in [0.2, 0.25) is 5.88 Å². The molecule has 0 aliphatic rings. The van der Waals surface area contributed by atoms with Crippen LogP contribution in [0.4, 0.5) is 11.6 Å². The molecule has 0 unspecified atom stereocenters. The van der Waals surface area contributed by atoms with Crippen LogP contribution in [0, 0.1) is 12.8 Å². The molecule has 1 N–H and O–H groups in total. The fourth-order valence-corrected chi connectivity index (χ4v) is 3.24. The van der Waals surface area contributed by atoms with Crippen LogP contribution in [0.1, 0.15) is 32.3 Å². The number of aromatic nitrogens is 6. The van der Waals surface area contributed by atoms with Crippen LogP contribution in [0.3, 0.4) is 0 Å². The number of hydrogen-bond acceptors (Lipinski definition) is 8. The molecular formula is C23H27ClN7O2-. The number of rotatable bonds is 9. The molecule has 3 aromatic heterocycles. The lowest BCUT2D eigenvalue weighted by molar-refractivity contribution is -0.00000815. The highest BCUT2D eigenvalue weighted by atomic mass is 35.5. The highest BCUT2D eigenvalue weighted by Crippen LogP contribution is 2.30. The van der Waals surface area contributed by atoms with Gasteiger partial charge in [-0.2, -0.15) is 9.90 Å². The van der Waals surface area contributed by atoms with Crippen molar-refractivity contribution in [1.29, 1.82) is 0 Å². The van der Waals surface area contributed by atoms with Gasteiger partial charge in [0.25, 0.3) is 0 Å². The Bertz CT molecular complexity index is 1210. The molecule has 0 aliphatic carbocycles. The van der Waals surface area contributed by atoms with Gasteiger partial charge in [-0.25, -0.2) is 15.0 Å². The lowest BCUT2D eigenvalue weighted by Crippen LogP contribution is -3.00. The number of pyridine rings is 1. The summed E-state index contributed by atoms with van der Waals surface area (Å²) in [5, 5.41) is 12.3. The fourth-order valence-electron chi connectivity index (χ4n) is 3.24. The van der Waals surface area contributed by atoms with Gasteiger partial charge in [-0.3, -0.25) is 0 Å². The molecule has 4 aromatic rings. The van der Waals surface area contributed by atoms with Crippen molar-refractivity contribution >= 4 is 22.5 Å². The molecule has 33 heavy (non-hydrogen) atoms. The van der Waals surface area contributed by atoms with E-state index in [1.807, 2.05) is 31.2 Å². The van der Waals surface area contributed by atoms with E-state index in [4.69, 9.17) is 9.47 Å². The van der Waals surface area contributed by atoms with Gasteiger partial charge in [0.1, 0.15) is 23.6 Å². The Hall–Kier alpha value is -3.46. The SMILES string of the molecule is Cc1cc(OCCCC(C)C)cnc1Oc1ccc2ncnc(Nc3cnn(C)n3)c2c1.[Cl-]. The summed E-state index contributed by atoms with van der Waals surface area (Å²) in [5.41, 5.74) is 1.68. The largest absolute Gasteiger partial charge is 1.00 e. The van der Waals surface area contributed by atoms with Gasteiger partial charge in [0.15, 0.2) is 5.82 Å². The molecule has 0 saturated heterocycles. The monoisotopic (exact) mass is 468 g/mol. The van der Waals surface area contributed by atoms with E-state index >= 15 is 0 Å². The number of halogens is 1. The molecule has 10 heteroatoms. The quantitative estimate of drug-likeness (QED) is 0.371. The number of nitrogens with one attached hydrogen (secondary N) is 1. The summed E-state index contributed by atoms with van der Waals surface area (Å²) >= 11 is 0. The van der Waals surface area contributed by atoms with E-state index in [2.05, 4.69) is 44.3 Å². The summed E-state index contributed by atoms with van der Waals surface area (Å²) in [6, 6.07) is 7.57. The number of hydrogen-bond donors (Lipinski definition) is 1. The molecule has 1 aromatic carbocycles. The molecule has 0 spiro atoms. The summed E-state index contributed by atoms with van der Waals surface area (Å²) in [6.07, 6.45) is 7.01. The number of benzene rings is 1. The third-order valence-corrected chi connectivity index (χ3v) is 4.87. The second-order valence-electron chi connectivity index (χ2n) is 8.03. The van der Waals surface area contributed by atoms with Gasteiger partial charge in [0.05, 0.1) is 24.5 Å². The van der Waals surface area contributed by atoms with Crippen LogP contribution in [-0.2, 0) is 7.05 Å². The predicted molar refractivity (Wildman–Crippen MR) is 122 cm³/mol. The maximum Gasteiger partial charge on any atom is 0.222 e. The molecule has 0 saturated carbocycles. The van der Waals surface area contributed by atoms with Crippen molar-refractivity contribution in [2.45, 2.75) is 33.6 Å². The first-order valence-corrected chi connectivity index (χ1v) is 10.6. The van der Waals surface area contributed by atoms with E-state index < -0.39 is 0 Å². The highest BCUT2D eigenvalue weighted by Gasteiger charge is 2.10. The van der Waals surface area contributed by atoms with Crippen LogP contribution in [0.25, 0.3) is 10.9 Å². The standard InChI is InChI=1S/C23H27N7O2.ClH/c1-15(2)6-5-9-31-18-10-16(3)23(24-12-18)32-17-7-8-20-19(11-17)22(26-14-25-20)28-21-13-27-30(4)29-21;/h7-8,10-15H,5-6,9H2,1-4H3,(H,25,26,28,29);1H/p-1. The van der Waals surface area contributed by atoms with E-state index in [0.29, 0.717) is 35.8 Å². The average Bonchev–Trinajstić information content (AvgIpc) is 3.18. The van der Waals surface area contributed by atoms with E-state index in [9.17, 15) is 0 Å². The maximum atomic E-state index is 6.06. The van der Waals surface area contributed by atoms with Crippen molar-refractivity contribution < 1.29 is 21.9 Å². The first-order chi connectivity index (χ1) is 15.5. The van der Waals surface area contributed by atoms with E-state index in [-0.39, 0.29) is 12.4 Å². The first-order valence-electron chi connectivity index (χ1n) is 10.6. The minimum Gasteiger partial charge on any atom is -1.00 e. The summed E-state index contributed by atoms with van der Waals surface area (Å²) in [7, 11) is 1.76. The van der Waals surface area contributed by atoms with Crippen LogP contribution in [0.15, 0.2) is 43.0 Å². The van der Waals surface area contributed by atoms with Crippen LogP contribution in [0.2, 0.25) is 0 Å². The summed E-state index contributed by atoms with van der Waals surface area (Å²) < 4.78 is 11.9. The normalized spacial score (nSPS) is 10.8. The number of aryl methyl sites for hydroxylation is 2. The van der Waals surface area contributed by atoms with E-state index in [1.165, 1.54) is 11.1 Å². The summed E-state index contributed by atoms with van der Waals surface area (Å²) in [4.78, 5) is 14.6. The number of anilines is 2. The molecule has 174 valence electrons. The van der Waals surface area contributed by atoms with Crippen molar-refractivity contribution in [3.05, 3.63) is 48.5 Å². The molecule has 9 nitrogen and oxygen atoms in total. The zero-order valence-corrected chi connectivity index (χ0v) is 19.9. The third kappa shape index (κ3) is 6.29. The van der Waals surface area contributed by atoms with Gasteiger partial charge in [-0.15, -0.1) is 5.10 Å². The first kappa shape index (κ1) is 24.2. The van der Waals surface area contributed by atoms with E-state index in [1.54, 1.807) is 19.4 Å². The average molecular weight is 469 g/mol. The minimum absolute atomic E-state index is 0. The number of ether oxygens (including phenoxy) is 2. The van der Waals surface area contributed by atoms with Crippen LogP contribution in [0.5, 0.6) is 17.4 Å². The molecule has 0 bridgehead atoms. The zero-order valence-electron chi connectivity index (χ0n) is 19.1. The van der Waals surface area contributed by atoms with Gasteiger partial charge in [-0.1, -0.05) is 13.8 Å². The maximum absolute atomic E-state index is 6.06. The Labute approximate surface area is 199 Å². The molecule has 0 atom stereocenters. The molecule has 0 aliphatic heterocycles. The van der Waals surface area contributed by atoms with Gasteiger partial charge >= 0.3 is 0 Å². The Kier molecular flexibility index (Phi) is 8.00. The molecule has 0 radical (unpaired) electrons. The van der Waals surface area contributed by atoms with Crippen LogP contribution in [-0.4, -0.2) is 36.6 Å². The predicted octanol–water partition coefficient (Wildman–Crippen LogP) is 1.82.